The van der Waals surface area contributed by atoms with E-state index in [1.54, 1.807) is 6.20 Å². The average molecular weight is 296 g/mol. The molecule has 5 nitrogen and oxygen atoms in total. The summed E-state index contributed by atoms with van der Waals surface area (Å²) < 4.78 is 0. The Morgan fingerprint density at radius 1 is 1.14 bits per heavy atom. The summed E-state index contributed by atoms with van der Waals surface area (Å²) in [5.41, 5.74) is 1.53. The van der Waals surface area contributed by atoms with E-state index in [4.69, 9.17) is 0 Å². The third-order valence-corrected chi connectivity index (χ3v) is 3.85. The van der Waals surface area contributed by atoms with Gasteiger partial charge in [0, 0.05) is 38.9 Å². The quantitative estimate of drug-likeness (QED) is 0.873. The summed E-state index contributed by atoms with van der Waals surface area (Å²) in [6, 6.07) is 9.81. The fraction of sp³-hybridized carbons (Fsp3) is 0.353. The Labute approximate surface area is 130 Å². The second-order valence-corrected chi connectivity index (χ2v) is 5.69. The lowest BCUT2D eigenvalue weighted by molar-refractivity contribution is 0.0792. The van der Waals surface area contributed by atoms with Gasteiger partial charge in [0.05, 0.1) is 0 Å². The van der Waals surface area contributed by atoms with E-state index >= 15 is 0 Å². The van der Waals surface area contributed by atoms with Crippen LogP contribution in [0.5, 0.6) is 0 Å². The van der Waals surface area contributed by atoms with E-state index in [1.807, 2.05) is 54.2 Å². The summed E-state index contributed by atoms with van der Waals surface area (Å²) in [5.74, 6) is 1.34. The molecule has 0 N–H and O–H groups in total. The Morgan fingerprint density at radius 3 is 2.45 bits per heavy atom. The predicted octanol–water partition coefficient (Wildman–Crippen LogP) is 2.45. The van der Waals surface area contributed by atoms with Gasteiger partial charge in [-0.2, -0.15) is 0 Å². The van der Waals surface area contributed by atoms with E-state index in [0.29, 0.717) is 17.2 Å². The van der Waals surface area contributed by atoms with Crippen LogP contribution in [0.25, 0.3) is 11.4 Å². The Kier molecular flexibility index (Phi) is 4.04. The zero-order chi connectivity index (χ0) is 15.5. The molecule has 22 heavy (non-hydrogen) atoms. The first-order chi connectivity index (χ1) is 10.7. The van der Waals surface area contributed by atoms with Gasteiger partial charge in [0.2, 0.25) is 0 Å². The van der Waals surface area contributed by atoms with Gasteiger partial charge in [0.15, 0.2) is 5.82 Å². The van der Waals surface area contributed by atoms with Gasteiger partial charge in [-0.3, -0.25) is 4.79 Å². The first-order valence-electron chi connectivity index (χ1n) is 7.56. The monoisotopic (exact) mass is 296 g/mol. The van der Waals surface area contributed by atoms with Gasteiger partial charge in [0.25, 0.3) is 5.91 Å². The molecule has 1 aromatic carbocycles. The van der Waals surface area contributed by atoms with Crippen LogP contribution in [0.15, 0.2) is 36.5 Å². The van der Waals surface area contributed by atoms with Gasteiger partial charge < -0.3 is 9.80 Å². The molecule has 1 fully saturated rings. The Balaban J connectivity index is 1.99. The summed E-state index contributed by atoms with van der Waals surface area (Å²) in [7, 11) is 3.80. The number of aromatic nitrogens is 2. The van der Waals surface area contributed by atoms with Gasteiger partial charge in [0.1, 0.15) is 11.4 Å². The summed E-state index contributed by atoms with van der Waals surface area (Å²) in [5, 5.41) is 0. The third-order valence-electron chi connectivity index (χ3n) is 3.85. The Hall–Kier alpha value is -2.43. The van der Waals surface area contributed by atoms with Crippen LogP contribution in [-0.4, -0.2) is 48.0 Å². The van der Waals surface area contributed by atoms with Gasteiger partial charge in [-0.1, -0.05) is 30.3 Å². The number of amides is 1. The highest BCUT2D eigenvalue weighted by atomic mass is 16.2. The summed E-state index contributed by atoms with van der Waals surface area (Å²) in [4.78, 5) is 25.4. The molecule has 2 heterocycles. The van der Waals surface area contributed by atoms with Gasteiger partial charge in [-0.05, 0) is 12.8 Å². The predicted molar refractivity (Wildman–Crippen MR) is 86.9 cm³/mol. The number of likely N-dealkylation sites (tertiary alicyclic amines) is 1. The molecule has 114 valence electrons. The van der Waals surface area contributed by atoms with Crippen LogP contribution in [0.4, 0.5) is 5.82 Å². The van der Waals surface area contributed by atoms with Crippen molar-refractivity contribution in [2.45, 2.75) is 12.8 Å². The number of nitrogens with zero attached hydrogens (tertiary/aromatic N) is 4. The van der Waals surface area contributed by atoms with Crippen LogP contribution in [-0.2, 0) is 0 Å². The van der Waals surface area contributed by atoms with Crippen molar-refractivity contribution in [3.05, 3.63) is 42.1 Å². The van der Waals surface area contributed by atoms with Crippen molar-refractivity contribution in [2.24, 2.45) is 0 Å². The van der Waals surface area contributed by atoms with Crippen molar-refractivity contribution in [2.75, 3.05) is 32.1 Å². The zero-order valence-corrected chi connectivity index (χ0v) is 13.0. The molecule has 3 rings (SSSR count). The lowest BCUT2D eigenvalue weighted by atomic mass is 10.2. The van der Waals surface area contributed by atoms with Crippen LogP contribution in [0.1, 0.15) is 23.2 Å². The molecule has 1 saturated heterocycles. The minimum atomic E-state index is 0.0285. The van der Waals surface area contributed by atoms with Crippen LogP contribution in [0.3, 0.4) is 0 Å². The van der Waals surface area contributed by atoms with Crippen molar-refractivity contribution in [1.29, 1.82) is 0 Å². The molecule has 0 radical (unpaired) electrons. The molecule has 1 amide bonds. The van der Waals surface area contributed by atoms with Crippen LogP contribution < -0.4 is 4.90 Å². The number of carbonyl (C=O) groups excluding carboxylic acids is 1. The van der Waals surface area contributed by atoms with Gasteiger partial charge in [-0.15, -0.1) is 0 Å². The largest absolute Gasteiger partial charge is 0.362 e. The number of hydrogen-bond acceptors (Lipinski definition) is 4. The number of carbonyl (C=O) groups is 1. The molecular formula is C17H20N4O. The maximum atomic E-state index is 12.6. The number of anilines is 1. The first kappa shape index (κ1) is 14.5. The first-order valence-corrected chi connectivity index (χ1v) is 7.56. The molecule has 0 atom stereocenters. The molecular weight excluding hydrogens is 276 g/mol. The van der Waals surface area contributed by atoms with E-state index in [1.165, 1.54) is 0 Å². The summed E-state index contributed by atoms with van der Waals surface area (Å²) >= 11 is 0. The standard InChI is InChI=1S/C17H20N4O/c1-20(2)16-14(17(22)21-10-6-7-11-21)12-18-15(19-16)13-8-4-3-5-9-13/h3-5,8-9,12H,6-7,10-11H2,1-2H3. The van der Waals surface area contributed by atoms with Crippen molar-refractivity contribution in [1.82, 2.24) is 14.9 Å². The molecule has 0 spiro atoms. The highest BCUT2D eigenvalue weighted by Crippen LogP contribution is 2.23. The van der Waals surface area contributed by atoms with Crippen LogP contribution >= 0.6 is 0 Å². The normalized spacial score (nSPS) is 14.2. The van der Waals surface area contributed by atoms with Crippen molar-refractivity contribution < 1.29 is 4.79 Å². The van der Waals surface area contributed by atoms with Crippen molar-refractivity contribution >= 4 is 11.7 Å². The summed E-state index contributed by atoms with van der Waals surface area (Å²) in [6.45, 7) is 1.65. The Morgan fingerprint density at radius 2 is 1.82 bits per heavy atom. The van der Waals surface area contributed by atoms with Crippen LogP contribution in [0.2, 0.25) is 0 Å². The number of hydrogen-bond donors (Lipinski definition) is 0. The molecule has 1 aliphatic rings. The van der Waals surface area contributed by atoms with E-state index in [0.717, 1.165) is 31.5 Å². The van der Waals surface area contributed by atoms with Crippen molar-refractivity contribution in [3.63, 3.8) is 0 Å². The number of benzene rings is 1. The topological polar surface area (TPSA) is 49.3 Å². The SMILES string of the molecule is CN(C)c1nc(-c2ccccc2)ncc1C(=O)N1CCCC1. The fourth-order valence-electron chi connectivity index (χ4n) is 2.68. The molecule has 0 aliphatic carbocycles. The third kappa shape index (κ3) is 2.79. The highest BCUT2D eigenvalue weighted by molar-refractivity contribution is 5.99. The molecule has 2 aromatic rings. The lowest BCUT2D eigenvalue weighted by Crippen LogP contribution is -2.30. The van der Waals surface area contributed by atoms with E-state index < -0.39 is 0 Å². The maximum absolute atomic E-state index is 12.6. The maximum Gasteiger partial charge on any atom is 0.259 e. The molecule has 0 saturated carbocycles. The number of rotatable bonds is 3. The lowest BCUT2D eigenvalue weighted by Gasteiger charge is -2.20. The smallest absolute Gasteiger partial charge is 0.259 e. The summed E-state index contributed by atoms with van der Waals surface area (Å²) in [6.07, 6.45) is 3.81. The minimum Gasteiger partial charge on any atom is -0.362 e. The van der Waals surface area contributed by atoms with Crippen LogP contribution in [0, 0.1) is 0 Å². The molecule has 1 aliphatic heterocycles. The second-order valence-electron chi connectivity index (χ2n) is 5.69. The minimum absolute atomic E-state index is 0.0285. The van der Waals surface area contributed by atoms with Gasteiger partial charge in [-0.25, -0.2) is 9.97 Å². The molecule has 5 heteroatoms. The Bertz CT molecular complexity index is 664. The molecule has 0 unspecified atom stereocenters. The fourth-order valence-corrected chi connectivity index (χ4v) is 2.68. The van der Waals surface area contributed by atoms with E-state index in [-0.39, 0.29) is 5.91 Å². The van der Waals surface area contributed by atoms with Crippen molar-refractivity contribution in [3.8, 4) is 11.4 Å². The average Bonchev–Trinajstić information content (AvgIpc) is 3.09. The molecule has 1 aromatic heterocycles. The highest BCUT2D eigenvalue weighted by Gasteiger charge is 2.24. The van der Waals surface area contributed by atoms with E-state index in [2.05, 4.69) is 9.97 Å². The zero-order valence-electron chi connectivity index (χ0n) is 13.0. The molecule has 0 bridgehead atoms. The second kappa shape index (κ2) is 6.13. The van der Waals surface area contributed by atoms with Gasteiger partial charge >= 0.3 is 0 Å². The van der Waals surface area contributed by atoms with E-state index in [9.17, 15) is 4.79 Å².